The Kier molecular flexibility index (Phi) is 3.11. The first kappa shape index (κ1) is 12.5. The number of thiophene rings is 1. The number of nitrogens with one attached hydrogen (secondary N) is 1. The van der Waals surface area contributed by atoms with Crippen molar-refractivity contribution in [2.75, 3.05) is 0 Å². The Morgan fingerprint density at radius 1 is 1.30 bits per heavy atom. The highest BCUT2D eigenvalue weighted by Gasteiger charge is 2.38. The molecular formula is C15H19N3OS. The molecule has 1 aliphatic carbocycles. The average molecular weight is 289 g/mol. The van der Waals surface area contributed by atoms with Gasteiger partial charge in [0.2, 0.25) is 11.7 Å². The second-order valence-electron chi connectivity index (χ2n) is 6.03. The van der Waals surface area contributed by atoms with E-state index in [0.29, 0.717) is 6.04 Å². The number of hydrogen-bond acceptors (Lipinski definition) is 5. The van der Waals surface area contributed by atoms with E-state index in [1.54, 1.807) is 11.3 Å². The van der Waals surface area contributed by atoms with E-state index in [1.165, 1.54) is 31.2 Å². The summed E-state index contributed by atoms with van der Waals surface area (Å²) in [6, 6.07) is 0.912. The van der Waals surface area contributed by atoms with E-state index >= 15 is 0 Å². The van der Waals surface area contributed by atoms with Crippen LogP contribution in [0.2, 0.25) is 0 Å². The van der Waals surface area contributed by atoms with E-state index in [2.05, 4.69) is 33.1 Å². The Morgan fingerprint density at radius 2 is 2.20 bits per heavy atom. The van der Waals surface area contributed by atoms with Crippen LogP contribution in [0.1, 0.15) is 49.6 Å². The fourth-order valence-corrected chi connectivity index (χ4v) is 4.41. The lowest BCUT2D eigenvalue weighted by atomic mass is 9.85. The summed E-state index contributed by atoms with van der Waals surface area (Å²) >= 11 is 1.68. The van der Waals surface area contributed by atoms with E-state index in [-0.39, 0.29) is 6.04 Å². The number of nitrogens with zero attached hydrogens (tertiary/aromatic N) is 2. The van der Waals surface area contributed by atoms with Crippen LogP contribution in [0.4, 0.5) is 0 Å². The summed E-state index contributed by atoms with van der Waals surface area (Å²) in [5, 5.41) is 12.1. The summed E-state index contributed by atoms with van der Waals surface area (Å²) in [7, 11) is 0. The van der Waals surface area contributed by atoms with Gasteiger partial charge in [0.1, 0.15) is 0 Å². The fraction of sp³-hybridized carbons (Fsp3) is 0.600. The molecule has 3 atom stereocenters. The van der Waals surface area contributed by atoms with Gasteiger partial charge in [-0.25, -0.2) is 0 Å². The van der Waals surface area contributed by atoms with Gasteiger partial charge in [-0.2, -0.15) is 16.3 Å². The predicted molar refractivity (Wildman–Crippen MR) is 78.6 cm³/mol. The molecule has 2 aromatic heterocycles. The van der Waals surface area contributed by atoms with Crippen LogP contribution in [0.3, 0.4) is 0 Å². The van der Waals surface area contributed by atoms with Crippen LogP contribution in [0.15, 0.2) is 15.3 Å². The highest BCUT2D eigenvalue weighted by atomic mass is 32.1. The van der Waals surface area contributed by atoms with Crippen molar-refractivity contribution in [2.45, 2.75) is 51.1 Å². The average Bonchev–Trinajstić information content (AvgIpc) is 3.15. The Morgan fingerprint density at radius 3 is 3.00 bits per heavy atom. The number of aryl methyl sites for hydroxylation is 1. The Balaban J connectivity index is 1.55. The van der Waals surface area contributed by atoms with E-state index < -0.39 is 0 Å². The third-order valence-corrected chi connectivity index (χ3v) is 5.56. The lowest BCUT2D eigenvalue weighted by molar-refractivity contribution is 0.324. The van der Waals surface area contributed by atoms with Gasteiger partial charge in [0.15, 0.2) is 0 Å². The summed E-state index contributed by atoms with van der Waals surface area (Å²) in [5.41, 5.74) is 2.32. The molecule has 3 unspecified atom stereocenters. The lowest BCUT2D eigenvalue weighted by Crippen LogP contribution is -2.30. The molecule has 5 heteroatoms. The number of hydrogen-bond donors (Lipinski definition) is 1. The number of fused-ring (bicyclic) bond motifs is 1. The highest BCUT2D eigenvalue weighted by molar-refractivity contribution is 7.08. The minimum Gasteiger partial charge on any atom is -0.337 e. The molecule has 3 heterocycles. The van der Waals surface area contributed by atoms with Crippen molar-refractivity contribution in [3.63, 3.8) is 0 Å². The zero-order valence-corrected chi connectivity index (χ0v) is 12.4. The molecule has 4 nitrogen and oxygen atoms in total. The van der Waals surface area contributed by atoms with Gasteiger partial charge < -0.3 is 9.84 Å². The van der Waals surface area contributed by atoms with Crippen molar-refractivity contribution in [1.29, 1.82) is 0 Å². The maximum absolute atomic E-state index is 5.51. The minimum atomic E-state index is 0.253. The summed E-state index contributed by atoms with van der Waals surface area (Å²) in [5.74, 6) is 2.29. The van der Waals surface area contributed by atoms with Crippen LogP contribution >= 0.6 is 11.3 Å². The quantitative estimate of drug-likeness (QED) is 0.916. The van der Waals surface area contributed by atoms with Gasteiger partial charge in [0, 0.05) is 17.0 Å². The number of rotatable bonds is 2. The van der Waals surface area contributed by atoms with Crippen molar-refractivity contribution in [3.8, 4) is 11.4 Å². The molecule has 106 valence electrons. The van der Waals surface area contributed by atoms with Gasteiger partial charge in [-0.15, -0.1) is 0 Å². The standard InChI is InChI=1S/C15H19N3OS/c1-9-7-20-8-11(9)14-17-15(19-18-14)13-6-10-4-2-3-5-12(10)16-13/h7-8,10,12-13,16H,2-6H2,1H3. The monoisotopic (exact) mass is 289 g/mol. The molecule has 2 aromatic rings. The van der Waals surface area contributed by atoms with Crippen LogP contribution < -0.4 is 5.32 Å². The smallest absolute Gasteiger partial charge is 0.244 e. The zero-order chi connectivity index (χ0) is 13.5. The predicted octanol–water partition coefficient (Wildman–Crippen LogP) is 3.70. The second-order valence-corrected chi connectivity index (χ2v) is 6.77. The van der Waals surface area contributed by atoms with E-state index in [4.69, 9.17) is 4.52 Å². The molecule has 1 aliphatic heterocycles. The summed E-state index contributed by atoms with van der Waals surface area (Å²) < 4.78 is 5.51. The molecule has 1 saturated carbocycles. The van der Waals surface area contributed by atoms with Crippen molar-refractivity contribution in [1.82, 2.24) is 15.5 Å². The third kappa shape index (κ3) is 2.09. The molecule has 20 heavy (non-hydrogen) atoms. The third-order valence-electron chi connectivity index (χ3n) is 4.70. The molecule has 0 amide bonds. The maximum atomic E-state index is 5.51. The molecule has 0 radical (unpaired) electrons. The van der Waals surface area contributed by atoms with Gasteiger partial charge in [-0.05, 0) is 43.0 Å². The van der Waals surface area contributed by atoms with E-state index in [0.717, 1.165) is 29.6 Å². The van der Waals surface area contributed by atoms with E-state index in [1.807, 2.05) is 0 Å². The first-order valence-electron chi connectivity index (χ1n) is 7.44. The van der Waals surface area contributed by atoms with Crippen LogP contribution in [0, 0.1) is 12.8 Å². The molecular weight excluding hydrogens is 270 g/mol. The molecule has 0 spiro atoms. The van der Waals surface area contributed by atoms with Crippen molar-refractivity contribution in [2.24, 2.45) is 5.92 Å². The van der Waals surface area contributed by atoms with E-state index in [9.17, 15) is 0 Å². The second kappa shape index (κ2) is 4.97. The molecule has 4 rings (SSSR count). The largest absolute Gasteiger partial charge is 0.337 e. The minimum absolute atomic E-state index is 0.253. The topological polar surface area (TPSA) is 51.0 Å². The van der Waals surface area contributed by atoms with Gasteiger partial charge in [-0.1, -0.05) is 18.0 Å². The van der Waals surface area contributed by atoms with Crippen LogP contribution in [-0.2, 0) is 0 Å². The van der Waals surface area contributed by atoms with Crippen LogP contribution in [-0.4, -0.2) is 16.2 Å². The molecule has 1 saturated heterocycles. The maximum Gasteiger partial charge on any atom is 0.244 e. The first-order chi connectivity index (χ1) is 9.81. The van der Waals surface area contributed by atoms with Gasteiger partial charge in [-0.3, -0.25) is 0 Å². The normalized spacial score (nSPS) is 29.6. The number of aromatic nitrogens is 2. The molecule has 2 fully saturated rings. The molecule has 0 bridgehead atoms. The van der Waals surface area contributed by atoms with Crippen molar-refractivity contribution < 1.29 is 4.52 Å². The van der Waals surface area contributed by atoms with Gasteiger partial charge in [0.05, 0.1) is 6.04 Å². The Labute approximate surface area is 122 Å². The highest BCUT2D eigenvalue weighted by Crippen LogP contribution is 2.39. The van der Waals surface area contributed by atoms with Gasteiger partial charge in [0.25, 0.3) is 0 Å². The SMILES string of the molecule is Cc1cscc1-c1noc(C2CC3CCCCC3N2)n1. The molecule has 0 aromatic carbocycles. The molecule has 2 aliphatic rings. The van der Waals surface area contributed by atoms with Crippen molar-refractivity contribution in [3.05, 3.63) is 22.2 Å². The van der Waals surface area contributed by atoms with Crippen LogP contribution in [0.25, 0.3) is 11.4 Å². The summed E-state index contributed by atoms with van der Waals surface area (Å²) in [6.45, 7) is 2.09. The molecule has 1 N–H and O–H groups in total. The van der Waals surface area contributed by atoms with Crippen molar-refractivity contribution >= 4 is 11.3 Å². The van der Waals surface area contributed by atoms with Crippen LogP contribution in [0.5, 0.6) is 0 Å². The van der Waals surface area contributed by atoms with Gasteiger partial charge >= 0.3 is 0 Å². The fourth-order valence-electron chi connectivity index (χ4n) is 3.59. The summed E-state index contributed by atoms with van der Waals surface area (Å²) in [6.07, 6.45) is 6.52. The Hall–Kier alpha value is -1.20. The summed E-state index contributed by atoms with van der Waals surface area (Å²) in [4.78, 5) is 4.62. The Bertz CT molecular complexity index is 592. The zero-order valence-electron chi connectivity index (χ0n) is 11.6. The lowest BCUT2D eigenvalue weighted by Gasteiger charge is -2.24. The first-order valence-corrected chi connectivity index (χ1v) is 8.38.